The van der Waals surface area contributed by atoms with E-state index in [0.717, 1.165) is 19.1 Å². The van der Waals surface area contributed by atoms with E-state index >= 15 is 0 Å². The zero-order valence-corrected chi connectivity index (χ0v) is 18.2. The SMILES string of the molecule is COCCC[Si]1(C)O[Si](C)(C)O[Si](C)(C)O[Si](C)(C)O1. The number of hydrogen-bond donors (Lipinski definition) is 0. The van der Waals surface area contributed by atoms with Gasteiger partial charge in [-0.2, -0.15) is 0 Å². The number of ether oxygens (including phenoxy) is 1. The van der Waals surface area contributed by atoms with E-state index in [-0.39, 0.29) is 0 Å². The van der Waals surface area contributed by atoms with E-state index in [4.69, 9.17) is 21.2 Å². The van der Waals surface area contributed by atoms with Crippen molar-refractivity contribution in [1.29, 1.82) is 0 Å². The van der Waals surface area contributed by atoms with Crippen LogP contribution in [0.2, 0.25) is 51.9 Å². The molecule has 0 unspecified atom stereocenters. The molecule has 1 aliphatic heterocycles. The number of methoxy groups -OCH3 is 1. The molecule has 0 aliphatic carbocycles. The summed E-state index contributed by atoms with van der Waals surface area (Å²) in [5, 5.41) is 0. The van der Waals surface area contributed by atoms with Gasteiger partial charge in [-0.05, 0) is 58.3 Å². The summed E-state index contributed by atoms with van der Waals surface area (Å²) in [6.45, 7) is 15.4. The summed E-state index contributed by atoms with van der Waals surface area (Å²) < 4.78 is 30.6. The first-order valence-corrected chi connectivity index (χ1v) is 18.2. The maximum Gasteiger partial charge on any atom is 0.317 e. The second kappa shape index (κ2) is 6.42. The Kier molecular flexibility index (Phi) is 6.01. The fourth-order valence-corrected chi connectivity index (χ4v) is 24.5. The Balaban J connectivity index is 2.90. The average molecular weight is 355 g/mol. The Morgan fingerprint density at radius 3 is 1.50 bits per heavy atom. The van der Waals surface area contributed by atoms with Crippen molar-refractivity contribution in [3.05, 3.63) is 0 Å². The van der Waals surface area contributed by atoms with Crippen molar-refractivity contribution in [3.8, 4) is 0 Å². The van der Waals surface area contributed by atoms with Crippen molar-refractivity contribution < 1.29 is 21.2 Å². The summed E-state index contributed by atoms with van der Waals surface area (Å²) in [6.07, 6.45) is 0.953. The molecule has 5 nitrogen and oxygen atoms in total. The third-order valence-corrected chi connectivity index (χ3v) is 19.4. The van der Waals surface area contributed by atoms with Crippen LogP contribution in [0.15, 0.2) is 0 Å². The van der Waals surface area contributed by atoms with E-state index in [9.17, 15) is 0 Å². The second-order valence-electron chi connectivity index (χ2n) is 6.84. The first kappa shape index (κ1) is 18.7. The highest BCUT2D eigenvalue weighted by Gasteiger charge is 2.52. The first-order valence-electron chi connectivity index (χ1n) is 7.18. The molecule has 0 aromatic rings. The maximum atomic E-state index is 6.45. The van der Waals surface area contributed by atoms with Crippen LogP contribution < -0.4 is 0 Å². The summed E-state index contributed by atoms with van der Waals surface area (Å²) >= 11 is 0. The quantitative estimate of drug-likeness (QED) is 0.573. The minimum absolute atomic E-state index is 0.737. The highest BCUT2D eigenvalue weighted by Crippen LogP contribution is 2.32. The van der Waals surface area contributed by atoms with Gasteiger partial charge < -0.3 is 21.2 Å². The molecule has 0 bridgehead atoms. The van der Waals surface area contributed by atoms with Crippen molar-refractivity contribution in [2.45, 2.75) is 58.3 Å². The molecule has 0 spiro atoms. The van der Waals surface area contributed by atoms with E-state index in [1.165, 1.54) is 0 Å². The van der Waals surface area contributed by atoms with Crippen LogP contribution in [0.5, 0.6) is 0 Å². The molecular weight excluding hydrogens is 324 g/mol. The monoisotopic (exact) mass is 354 g/mol. The van der Waals surface area contributed by atoms with Crippen LogP contribution in [0.25, 0.3) is 0 Å². The molecule has 0 atom stereocenters. The van der Waals surface area contributed by atoms with Crippen molar-refractivity contribution in [2.75, 3.05) is 13.7 Å². The van der Waals surface area contributed by atoms with Crippen LogP contribution in [0.1, 0.15) is 6.42 Å². The first-order chi connectivity index (χ1) is 8.89. The predicted molar refractivity (Wildman–Crippen MR) is 89.7 cm³/mol. The van der Waals surface area contributed by atoms with Crippen molar-refractivity contribution in [1.82, 2.24) is 0 Å². The van der Waals surface area contributed by atoms with Crippen LogP contribution in [-0.2, 0) is 21.2 Å². The molecule has 1 rings (SSSR count). The molecule has 1 heterocycles. The van der Waals surface area contributed by atoms with E-state index in [0.29, 0.717) is 0 Å². The highest BCUT2D eigenvalue weighted by molar-refractivity contribution is 6.93. The molecule has 0 N–H and O–H groups in total. The number of hydrogen-bond acceptors (Lipinski definition) is 5. The van der Waals surface area contributed by atoms with E-state index in [1.54, 1.807) is 7.11 Å². The van der Waals surface area contributed by atoms with Gasteiger partial charge in [-0.25, -0.2) is 0 Å². The van der Waals surface area contributed by atoms with Crippen LogP contribution in [-0.4, -0.2) is 48.0 Å². The smallest absolute Gasteiger partial charge is 0.317 e. The molecule has 20 heavy (non-hydrogen) atoms. The molecule has 0 saturated carbocycles. The Labute approximate surface area is 127 Å². The van der Waals surface area contributed by atoms with Gasteiger partial charge >= 0.3 is 34.2 Å². The third-order valence-electron chi connectivity index (χ3n) is 2.89. The molecule has 0 amide bonds. The lowest BCUT2D eigenvalue weighted by atomic mass is 10.5. The summed E-state index contributed by atoms with van der Waals surface area (Å²) in [6, 6.07) is 0.919. The molecule has 1 saturated heterocycles. The highest BCUT2D eigenvalue weighted by atomic mass is 28.5. The molecule has 0 radical (unpaired) electrons. The van der Waals surface area contributed by atoms with E-state index in [1.807, 2.05) is 0 Å². The normalized spacial score (nSPS) is 27.6. The predicted octanol–water partition coefficient (Wildman–Crippen LogP) is 3.28. The zero-order valence-electron chi connectivity index (χ0n) is 14.2. The van der Waals surface area contributed by atoms with Gasteiger partial charge in [-0.3, -0.25) is 0 Å². The molecular formula is C11H30O5Si4. The van der Waals surface area contributed by atoms with E-state index < -0.39 is 34.2 Å². The summed E-state index contributed by atoms with van der Waals surface area (Å²) in [5.74, 6) is 0. The second-order valence-corrected chi connectivity index (χ2v) is 21.3. The zero-order chi connectivity index (χ0) is 15.7. The third kappa shape index (κ3) is 6.20. The van der Waals surface area contributed by atoms with Crippen molar-refractivity contribution in [2.24, 2.45) is 0 Å². The lowest BCUT2D eigenvalue weighted by Gasteiger charge is -2.47. The Morgan fingerprint density at radius 2 is 1.10 bits per heavy atom. The molecule has 120 valence electrons. The van der Waals surface area contributed by atoms with Gasteiger partial charge in [0.15, 0.2) is 0 Å². The summed E-state index contributed by atoms with van der Waals surface area (Å²) in [7, 11) is -7.15. The standard InChI is InChI=1S/C11H30O5Si4/c1-12-10-9-11-20(8)15-18(4,5)13-17(2,3)14-19(6,7)16-20/h9-11H2,1-8H3. The van der Waals surface area contributed by atoms with Gasteiger partial charge in [0.25, 0.3) is 0 Å². The van der Waals surface area contributed by atoms with E-state index in [2.05, 4.69) is 45.8 Å². The molecule has 1 fully saturated rings. The maximum absolute atomic E-state index is 6.45. The number of rotatable bonds is 4. The summed E-state index contributed by atoms with van der Waals surface area (Å²) in [4.78, 5) is 0. The fraction of sp³-hybridized carbons (Fsp3) is 1.00. The van der Waals surface area contributed by atoms with Gasteiger partial charge in [0.1, 0.15) is 0 Å². The van der Waals surface area contributed by atoms with Crippen molar-refractivity contribution in [3.63, 3.8) is 0 Å². The largest absolute Gasteiger partial charge is 0.416 e. The minimum atomic E-state index is -2.27. The topological polar surface area (TPSA) is 46.2 Å². The minimum Gasteiger partial charge on any atom is -0.416 e. The van der Waals surface area contributed by atoms with Gasteiger partial charge in [0, 0.05) is 13.7 Å². The van der Waals surface area contributed by atoms with Gasteiger partial charge in [0.2, 0.25) is 0 Å². The Morgan fingerprint density at radius 1 is 0.700 bits per heavy atom. The van der Waals surface area contributed by atoms with Gasteiger partial charge in [0.05, 0.1) is 0 Å². The van der Waals surface area contributed by atoms with Crippen LogP contribution in [0.4, 0.5) is 0 Å². The van der Waals surface area contributed by atoms with Crippen LogP contribution >= 0.6 is 0 Å². The Bertz CT molecular complexity index is 313. The Hall–Kier alpha value is 0.668. The lowest BCUT2D eigenvalue weighted by Crippen LogP contribution is -2.65. The summed E-state index contributed by atoms with van der Waals surface area (Å²) in [5.41, 5.74) is 0. The fourth-order valence-electron chi connectivity index (χ4n) is 2.95. The average Bonchev–Trinajstić information content (AvgIpc) is 2.08. The van der Waals surface area contributed by atoms with Gasteiger partial charge in [-0.1, -0.05) is 0 Å². The van der Waals surface area contributed by atoms with Crippen LogP contribution in [0.3, 0.4) is 0 Å². The lowest BCUT2D eigenvalue weighted by molar-refractivity contribution is 0.192. The van der Waals surface area contributed by atoms with Crippen LogP contribution in [0, 0.1) is 0 Å². The molecule has 1 aliphatic rings. The molecule has 0 aromatic heterocycles. The molecule has 9 heteroatoms. The van der Waals surface area contributed by atoms with Crippen molar-refractivity contribution >= 4 is 34.2 Å². The van der Waals surface area contributed by atoms with Gasteiger partial charge in [-0.15, -0.1) is 0 Å². The molecule has 0 aromatic carbocycles.